The Kier molecular flexibility index (Phi) is 8.96. The maximum absolute atomic E-state index is 2.39. The van der Waals surface area contributed by atoms with E-state index in [1.165, 1.54) is 60.6 Å². The summed E-state index contributed by atoms with van der Waals surface area (Å²) in [6, 6.07) is 34.2. The summed E-state index contributed by atoms with van der Waals surface area (Å²) >= 11 is 0. The van der Waals surface area contributed by atoms with Crippen LogP contribution in [0.4, 0.5) is 0 Å². The van der Waals surface area contributed by atoms with Crippen molar-refractivity contribution in [3.63, 3.8) is 0 Å². The SMILES string of the molecule is CCCC1CCC(C[P+](c2ccccc2)(c2ccccc2)c2ccccc2)CC1.[I-]. The second kappa shape index (κ2) is 11.4. The van der Waals surface area contributed by atoms with Crippen molar-refractivity contribution < 1.29 is 24.0 Å². The molecule has 0 unspecified atom stereocenters. The first-order chi connectivity index (χ1) is 14.3. The van der Waals surface area contributed by atoms with Gasteiger partial charge < -0.3 is 24.0 Å². The van der Waals surface area contributed by atoms with Gasteiger partial charge in [0.15, 0.2) is 0 Å². The highest BCUT2D eigenvalue weighted by atomic mass is 127. The molecule has 30 heavy (non-hydrogen) atoms. The van der Waals surface area contributed by atoms with Gasteiger partial charge in [-0.15, -0.1) is 0 Å². The van der Waals surface area contributed by atoms with Crippen molar-refractivity contribution in [1.29, 1.82) is 0 Å². The molecular weight excluding hydrogens is 494 g/mol. The van der Waals surface area contributed by atoms with E-state index in [4.69, 9.17) is 0 Å². The smallest absolute Gasteiger partial charge is 0.112 e. The van der Waals surface area contributed by atoms with Crippen LogP contribution in [0.25, 0.3) is 0 Å². The van der Waals surface area contributed by atoms with Crippen molar-refractivity contribution in [2.45, 2.75) is 45.4 Å². The fraction of sp³-hybridized carbons (Fsp3) is 0.357. The molecular formula is C28H34IP. The highest BCUT2D eigenvalue weighted by Gasteiger charge is 2.47. The van der Waals surface area contributed by atoms with Crippen molar-refractivity contribution in [3.8, 4) is 0 Å². The standard InChI is InChI=1S/C28H34P.HI/c1-2-12-24-19-21-25(22-20-24)23-29(26-13-6-3-7-14-26,27-15-8-4-9-16-27)28-17-10-5-11-18-28;/h3-11,13-18,24-25H,2,12,19-23H2,1H3;1H/q+1;/p-1. The normalized spacial score (nSPS) is 19.1. The lowest BCUT2D eigenvalue weighted by molar-refractivity contribution is -0.00000585. The molecule has 1 fully saturated rings. The Hall–Kier alpha value is -1.18. The van der Waals surface area contributed by atoms with Crippen LogP contribution in [0.3, 0.4) is 0 Å². The number of hydrogen-bond acceptors (Lipinski definition) is 0. The molecule has 1 aliphatic carbocycles. The van der Waals surface area contributed by atoms with E-state index < -0.39 is 7.26 Å². The molecule has 4 rings (SSSR count). The van der Waals surface area contributed by atoms with Gasteiger partial charge in [0, 0.05) is 0 Å². The second-order valence-electron chi connectivity index (χ2n) is 8.67. The first-order valence-electron chi connectivity index (χ1n) is 11.4. The summed E-state index contributed by atoms with van der Waals surface area (Å²) in [4.78, 5) is 0. The van der Waals surface area contributed by atoms with E-state index in [1.54, 1.807) is 0 Å². The minimum absolute atomic E-state index is 0. The van der Waals surface area contributed by atoms with Crippen molar-refractivity contribution in [2.75, 3.05) is 6.16 Å². The van der Waals surface area contributed by atoms with Gasteiger partial charge >= 0.3 is 0 Å². The largest absolute Gasteiger partial charge is 1.00 e. The number of halogens is 1. The van der Waals surface area contributed by atoms with Crippen LogP contribution < -0.4 is 39.9 Å². The number of hydrogen-bond donors (Lipinski definition) is 0. The summed E-state index contributed by atoms with van der Waals surface area (Å²) in [5, 5.41) is 4.61. The molecule has 0 atom stereocenters. The molecule has 0 radical (unpaired) electrons. The van der Waals surface area contributed by atoms with Gasteiger partial charge in [-0.25, -0.2) is 0 Å². The van der Waals surface area contributed by atoms with E-state index in [0.29, 0.717) is 0 Å². The quantitative estimate of drug-likeness (QED) is 0.325. The minimum Gasteiger partial charge on any atom is -1.00 e. The third-order valence-corrected chi connectivity index (χ3v) is 11.4. The molecule has 0 aromatic heterocycles. The molecule has 0 heterocycles. The molecule has 0 aliphatic heterocycles. The summed E-state index contributed by atoms with van der Waals surface area (Å²) < 4.78 is 0. The number of benzene rings is 3. The van der Waals surface area contributed by atoms with E-state index in [2.05, 4.69) is 97.9 Å². The van der Waals surface area contributed by atoms with E-state index in [0.717, 1.165) is 11.8 Å². The van der Waals surface area contributed by atoms with Gasteiger partial charge in [-0.3, -0.25) is 0 Å². The van der Waals surface area contributed by atoms with Crippen molar-refractivity contribution in [1.82, 2.24) is 0 Å². The zero-order valence-electron chi connectivity index (χ0n) is 18.1. The van der Waals surface area contributed by atoms with Gasteiger partial charge in [0.2, 0.25) is 0 Å². The average molecular weight is 528 g/mol. The highest BCUT2D eigenvalue weighted by molar-refractivity contribution is 7.95. The Morgan fingerprint density at radius 3 is 1.33 bits per heavy atom. The lowest BCUT2D eigenvalue weighted by Crippen LogP contribution is -3.00. The van der Waals surface area contributed by atoms with E-state index >= 15 is 0 Å². The topological polar surface area (TPSA) is 0 Å². The van der Waals surface area contributed by atoms with Gasteiger partial charge in [0.25, 0.3) is 0 Å². The third-order valence-electron chi connectivity index (χ3n) is 6.79. The molecule has 1 saturated carbocycles. The van der Waals surface area contributed by atoms with Crippen LogP contribution in [-0.2, 0) is 0 Å². The highest BCUT2D eigenvalue weighted by Crippen LogP contribution is 2.58. The van der Waals surface area contributed by atoms with E-state index in [-0.39, 0.29) is 24.0 Å². The first-order valence-corrected chi connectivity index (χ1v) is 13.3. The maximum atomic E-state index is 2.39. The molecule has 2 heteroatoms. The zero-order valence-corrected chi connectivity index (χ0v) is 21.1. The molecule has 0 saturated heterocycles. The summed E-state index contributed by atoms with van der Waals surface area (Å²) in [7, 11) is -1.66. The zero-order chi connectivity index (χ0) is 19.9. The Labute approximate surface area is 200 Å². The summed E-state index contributed by atoms with van der Waals surface area (Å²) in [5.74, 6) is 1.80. The van der Waals surface area contributed by atoms with Gasteiger partial charge in [-0.05, 0) is 61.1 Å². The minimum atomic E-state index is -1.66. The monoisotopic (exact) mass is 528 g/mol. The van der Waals surface area contributed by atoms with Crippen LogP contribution in [0, 0.1) is 11.8 Å². The summed E-state index contributed by atoms with van der Waals surface area (Å²) in [6.45, 7) is 2.34. The van der Waals surface area contributed by atoms with Crippen LogP contribution >= 0.6 is 7.26 Å². The maximum Gasteiger partial charge on any atom is 0.112 e. The number of rotatable bonds is 7. The van der Waals surface area contributed by atoms with Gasteiger partial charge in [-0.2, -0.15) is 0 Å². The molecule has 0 nitrogen and oxygen atoms in total. The predicted molar refractivity (Wildman–Crippen MR) is 130 cm³/mol. The van der Waals surface area contributed by atoms with Gasteiger partial charge in [-0.1, -0.05) is 87.2 Å². The Morgan fingerprint density at radius 1 is 0.600 bits per heavy atom. The van der Waals surface area contributed by atoms with Crippen molar-refractivity contribution in [2.24, 2.45) is 11.8 Å². The lowest BCUT2D eigenvalue weighted by Gasteiger charge is -2.34. The molecule has 0 bridgehead atoms. The van der Waals surface area contributed by atoms with Crippen LogP contribution in [0.15, 0.2) is 91.0 Å². The fourth-order valence-corrected chi connectivity index (χ4v) is 10.0. The third kappa shape index (κ3) is 5.17. The predicted octanol–water partition coefficient (Wildman–Crippen LogP) is 3.59. The Bertz CT molecular complexity index is 758. The Morgan fingerprint density at radius 2 is 0.967 bits per heavy atom. The van der Waals surface area contributed by atoms with Gasteiger partial charge in [0.05, 0.1) is 6.16 Å². The van der Waals surface area contributed by atoms with Crippen LogP contribution in [0.2, 0.25) is 0 Å². The van der Waals surface area contributed by atoms with Crippen LogP contribution in [0.1, 0.15) is 45.4 Å². The summed E-state index contributed by atoms with van der Waals surface area (Å²) in [6.07, 6.45) is 9.73. The van der Waals surface area contributed by atoms with Gasteiger partial charge in [0.1, 0.15) is 23.2 Å². The van der Waals surface area contributed by atoms with E-state index in [9.17, 15) is 0 Å². The van der Waals surface area contributed by atoms with Crippen molar-refractivity contribution >= 4 is 23.2 Å². The molecule has 1 aliphatic rings. The molecule has 0 amide bonds. The molecule has 158 valence electrons. The molecule has 0 spiro atoms. The Balaban J connectivity index is 0.00000256. The summed E-state index contributed by atoms with van der Waals surface area (Å²) in [5.41, 5.74) is 0. The second-order valence-corrected chi connectivity index (χ2v) is 12.2. The molecule has 3 aromatic rings. The molecule has 3 aromatic carbocycles. The van der Waals surface area contributed by atoms with Crippen molar-refractivity contribution in [3.05, 3.63) is 91.0 Å². The first kappa shape index (κ1) is 23.5. The van der Waals surface area contributed by atoms with E-state index in [1.807, 2.05) is 0 Å². The average Bonchev–Trinajstić information content (AvgIpc) is 2.80. The van der Waals surface area contributed by atoms with Crippen LogP contribution in [-0.4, -0.2) is 6.16 Å². The molecule has 0 N–H and O–H groups in total. The van der Waals surface area contributed by atoms with Crippen LogP contribution in [0.5, 0.6) is 0 Å². The fourth-order valence-electron chi connectivity index (χ4n) is 5.31. The lowest BCUT2D eigenvalue weighted by atomic mass is 9.81.